The molecule has 0 saturated heterocycles. The molecule has 2 aromatic rings. The van der Waals surface area contributed by atoms with Crippen molar-refractivity contribution in [1.82, 2.24) is 0 Å². The van der Waals surface area contributed by atoms with Crippen LogP contribution >= 0.6 is 11.3 Å². The van der Waals surface area contributed by atoms with Crippen LogP contribution in [0.15, 0.2) is 23.6 Å². The molecule has 13 heavy (non-hydrogen) atoms. The van der Waals surface area contributed by atoms with E-state index in [1.165, 1.54) is 17.4 Å². The predicted octanol–water partition coefficient (Wildman–Crippen LogP) is 2.78. The van der Waals surface area contributed by atoms with E-state index in [1.54, 1.807) is 6.07 Å². The van der Waals surface area contributed by atoms with Crippen molar-refractivity contribution in [2.75, 3.05) is 0 Å². The highest BCUT2D eigenvalue weighted by Crippen LogP contribution is 2.27. The van der Waals surface area contributed by atoms with Crippen molar-refractivity contribution in [3.05, 3.63) is 35.0 Å². The Balaban J connectivity index is 2.67. The van der Waals surface area contributed by atoms with E-state index in [0.29, 0.717) is 11.1 Å². The Bertz CT molecular complexity index is 447. The molecule has 0 spiro atoms. The maximum absolute atomic E-state index is 13.2. The first-order chi connectivity index (χ1) is 6.33. The van der Waals surface area contributed by atoms with Crippen molar-refractivity contribution in [2.45, 2.75) is 6.42 Å². The Hall–Kier alpha value is -1.22. The van der Waals surface area contributed by atoms with Gasteiger partial charge in [0.15, 0.2) is 0 Å². The number of hydrogen-bond acceptors (Lipinski definition) is 2. The minimum Gasteiger partial charge on any atom is -0.303 e. The van der Waals surface area contributed by atoms with E-state index in [0.717, 1.165) is 17.2 Å². The third-order valence-corrected chi connectivity index (χ3v) is 2.99. The standard InChI is InChI=1S/C10H7FOS/c11-9-3-1-2-8-7(4-5-12)6-13-10(8)9/h1-3,5-6H,4H2. The summed E-state index contributed by atoms with van der Waals surface area (Å²) < 4.78 is 13.8. The first kappa shape index (κ1) is 8.38. The lowest BCUT2D eigenvalue weighted by molar-refractivity contribution is -0.107. The van der Waals surface area contributed by atoms with Gasteiger partial charge in [0, 0.05) is 6.42 Å². The SMILES string of the molecule is O=CCc1csc2c(F)cccc12. The molecule has 0 radical (unpaired) electrons. The van der Waals surface area contributed by atoms with Crippen molar-refractivity contribution in [2.24, 2.45) is 0 Å². The van der Waals surface area contributed by atoms with E-state index < -0.39 is 0 Å². The monoisotopic (exact) mass is 194 g/mol. The van der Waals surface area contributed by atoms with Gasteiger partial charge in [-0.2, -0.15) is 0 Å². The molecule has 0 aliphatic heterocycles. The summed E-state index contributed by atoms with van der Waals surface area (Å²) in [5, 5.41) is 2.69. The van der Waals surface area contributed by atoms with Crippen LogP contribution in [0.1, 0.15) is 5.56 Å². The number of carbonyl (C=O) groups is 1. The highest BCUT2D eigenvalue weighted by atomic mass is 32.1. The molecule has 0 amide bonds. The second-order valence-corrected chi connectivity index (χ2v) is 3.63. The van der Waals surface area contributed by atoms with Gasteiger partial charge in [-0.1, -0.05) is 12.1 Å². The van der Waals surface area contributed by atoms with Gasteiger partial charge in [0.05, 0.1) is 4.70 Å². The van der Waals surface area contributed by atoms with Crippen molar-refractivity contribution in [3.63, 3.8) is 0 Å². The van der Waals surface area contributed by atoms with Crippen molar-refractivity contribution >= 4 is 27.7 Å². The van der Waals surface area contributed by atoms with Crippen LogP contribution in [0.25, 0.3) is 10.1 Å². The van der Waals surface area contributed by atoms with Gasteiger partial charge in [-0.25, -0.2) is 4.39 Å². The van der Waals surface area contributed by atoms with Gasteiger partial charge in [0.25, 0.3) is 0 Å². The Morgan fingerprint density at radius 2 is 2.31 bits per heavy atom. The Labute approximate surface area is 78.8 Å². The fourth-order valence-corrected chi connectivity index (χ4v) is 2.31. The molecule has 0 atom stereocenters. The minimum atomic E-state index is -0.209. The van der Waals surface area contributed by atoms with Gasteiger partial charge < -0.3 is 4.79 Å². The van der Waals surface area contributed by atoms with Crippen LogP contribution in [-0.4, -0.2) is 6.29 Å². The van der Waals surface area contributed by atoms with E-state index in [4.69, 9.17) is 0 Å². The average molecular weight is 194 g/mol. The zero-order valence-corrected chi connectivity index (χ0v) is 7.60. The second-order valence-electron chi connectivity index (χ2n) is 2.75. The number of hydrogen-bond donors (Lipinski definition) is 0. The van der Waals surface area contributed by atoms with E-state index in [1.807, 2.05) is 11.4 Å². The molecule has 0 N–H and O–H groups in total. The van der Waals surface area contributed by atoms with E-state index in [-0.39, 0.29) is 5.82 Å². The summed E-state index contributed by atoms with van der Waals surface area (Å²) in [4.78, 5) is 10.3. The summed E-state index contributed by atoms with van der Waals surface area (Å²) in [6.07, 6.45) is 1.20. The quantitative estimate of drug-likeness (QED) is 0.672. The zero-order valence-electron chi connectivity index (χ0n) is 6.79. The fraction of sp³-hybridized carbons (Fsp3) is 0.100. The van der Waals surface area contributed by atoms with Crippen LogP contribution in [0.4, 0.5) is 4.39 Å². The van der Waals surface area contributed by atoms with Crippen LogP contribution in [-0.2, 0) is 11.2 Å². The topological polar surface area (TPSA) is 17.1 Å². The lowest BCUT2D eigenvalue weighted by Gasteiger charge is -1.93. The molecule has 1 nitrogen and oxygen atoms in total. The number of fused-ring (bicyclic) bond motifs is 1. The van der Waals surface area contributed by atoms with Crippen molar-refractivity contribution < 1.29 is 9.18 Å². The Morgan fingerprint density at radius 1 is 1.46 bits per heavy atom. The van der Waals surface area contributed by atoms with E-state index >= 15 is 0 Å². The van der Waals surface area contributed by atoms with Crippen molar-refractivity contribution in [1.29, 1.82) is 0 Å². The number of aldehydes is 1. The molecular formula is C10H7FOS. The molecule has 1 aromatic heterocycles. The van der Waals surface area contributed by atoms with Crippen molar-refractivity contribution in [3.8, 4) is 0 Å². The summed E-state index contributed by atoms with van der Waals surface area (Å²) in [6.45, 7) is 0. The maximum Gasteiger partial charge on any atom is 0.140 e. The Morgan fingerprint density at radius 3 is 3.08 bits per heavy atom. The smallest absolute Gasteiger partial charge is 0.140 e. The number of benzene rings is 1. The highest BCUT2D eigenvalue weighted by molar-refractivity contribution is 7.17. The van der Waals surface area contributed by atoms with Gasteiger partial charge in [-0.15, -0.1) is 11.3 Å². The van der Waals surface area contributed by atoms with Crippen LogP contribution in [0.5, 0.6) is 0 Å². The largest absolute Gasteiger partial charge is 0.303 e. The number of halogens is 1. The molecule has 0 aliphatic rings. The molecule has 1 aromatic carbocycles. The van der Waals surface area contributed by atoms with Gasteiger partial charge in [0.1, 0.15) is 12.1 Å². The molecule has 0 aliphatic carbocycles. The van der Waals surface area contributed by atoms with Crippen LogP contribution in [0.3, 0.4) is 0 Å². The molecular weight excluding hydrogens is 187 g/mol. The molecule has 2 rings (SSSR count). The predicted molar refractivity (Wildman–Crippen MR) is 51.6 cm³/mol. The van der Waals surface area contributed by atoms with Gasteiger partial charge in [-0.3, -0.25) is 0 Å². The summed E-state index contributed by atoms with van der Waals surface area (Å²) in [6, 6.07) is 4.94. The van der Waals surface area contributed by atoms with E-state index in [2.05, 4.69) is 0 Å². The summed E-state index contributed by atoms with van der Waals surface area (Å²) in [5.41, 5.74) is 0.912. The third-order valence-electron chi connectivity index (χ3n) is 1.94. The molecule has 1 heterocycles. The molecule has 0 unspecified atom stereocenters. The first-order valence-corrected chi connectivity index (χ1v) is 4.79. The number of carbonyl (C=O) groups excluding carboxylic acids is 1. The lowest BCUT2D eigenvalue weighted by Crippen LogP contribution is -1.82. The molecule has 0 saturated carbocycles. The molecule has 0 bridgehead atoms. The Kier molecular flexibility index (Phi) is 2.10. The molecule has 0 fully saturated rings. The number of rotatable bonds is 2. The van der Waals surface area contributed by atoms with E-state index in [9.17, 15) is 9.18 Å². The van der Waals surface area contributed by atoms with Crippen LogP contribution in [0, 0.1) is 5.82 Å². The summed E-state index contributed by atoms with van der Waals surface area (Å²) in [7, 11) is 0. The fourth-order valence-electron chi connectivity index (χ4n) is 1.32. The second kappa shape index (κ2) is 3.26. The first-order valence-electron chi connectivity index (χ1n) is 3.91. The van der Waals surface area contributed by atoms with Crippen LogP contribution < -0.4 is 0 Å². The average Bonchev–Trinajstić information content (AvgIpc) is 2.51. The normalized spacial score (nSPS) is 10.5. The van der Waals surface area contributed by atoms with Gasteiger partial charge in [0.2, 0.25) is 0 Å². The van der Waals surface area contributed by atoms with Gasteiger partial charge in [-0.05, 0) is 22.4 Å². The van der Waals surface area contributed by atoms with Crippen LogP contribution in [0.2, 0.25) is 0 Å². The minimum absolute atomic E-state index is 0.209. The zero-order chi connectivity index (χ0) is 9.26. The highest BCUT2D eigenvalue weighted by Gasteiger charge is 2.06. The molecule has 66 valence electrons. The van der Waals surface area contributed by atoms with Gasteiger partial charge >= 0.3 is 0 Å². The number of thiophene rings is 1. The maximum atomic E-state index is 13.2. The lowest BCUT2D eigenvalue weighted by atomic mass is 10.1. The summed E-state index contributed by atoms with van der Waals surface area (Å²) >= 11 is 1.35. The third kappa shape index (κ3) is 1.35. The molecule has 3 heteroatoms. The summed E-state index contributed by atoms with van der Waals surface area (Å²) in [5.74, 6) is -0.209.